The van der Waals surface area contributed by atoms with E-state index in [-0.39, 0.29) is 29.2 Å². The van der Waals surface area contributed by atoms with E-state index in [2.05, 4.69) is 35.5 Å². The number of fused-ring (bicyclic) bond motifs is 1. The van der Waals surface area contributed by atoms with Crippen LogP contribution in [0.25, 0.3) is 22.5 Å². The molecule has 6 rings (SSSR count). The number of nitrogens with zero attached hydrogens (tertiary/aromatic N) is 5. The third-order valence-corrected chi connectivity index (χ3v) is 7.57. The van der Waals surface area contributed by atoms with E-state index in [0.717, 1.165) is 11.7 Å². The van der Waals surface area contributed by atoms with E-state index in [1.54, 1.807) is 44.2 Å². The summed E-state index contributed by atoms with van der Waals surface area (Å²) in [4.78, 5) is 61.0. The van der Waals surface area contributed by atoms with Crippen molar-refractivity contribution in [2.75, 3.05) is 12.4 Å². The molecule has 1 fully saturated rings. The first kappa shape index (κ1) is 29.4. The quantitative estimate of drug-likeness (QED) is 0.219. The van der Waals surface area contributed by atoms with Crippen LogP contribution in [0.3, 0.4) is 0 Å². The van der Waals surface area contributed by atoms with E-state index in [1.807, 2.05) is 24.3 Å². The number of Topliss-reactive ketones (excluding diaryl/α,β-unsaturated/α-hetero) is 1. The third kappa shape index (κ3) is 5.69. The molecule has 3 aromatic heterocycles. The Bertz CT molecular complexity index is 1920. The zero-order chi connectivity index (χ0) is 31.7. The van der Waals surface area contributed by atoms with Gasteiger partial charge in [-0.05, 0) is 30.9 Å². The summed E-state index contributed by atoms with van der Waals surface area (Å²) in [7, 11) is 1.16. The van der Waals surface area contributed by atoms with E-state index in [0.29, 0.717) is 35.4 Å². The minimum absolute atomic E-state index is 0.183. The lowest BCUT2D eigenvalue weighted by Crippen LogP contribution is -2.46. The number of aromatic nitrogens is 5. The molecule has 1 atom stereocenters. The number of para-hydroxylation sites is 2. The fourth-order valence-electron chi connectivity index (χ4n) is 4.97. The molecular formula is C31H29N7O7. The Morgan fingerprint density at radius 3 is 2.42 bits per heavy atom. The lowest BCUT2D eigenvalue weighted by atomic mass is 9.99. The van der Waals surface area contributed by atoms with Gasteiger partial charge in [-0.15, -0.1) is 10.2 Å². The molecule has 2 N–H and O–H groups in total. The van der Waals surface area contributed by atoms with Gasteiger partial charge in [-0.2, -0.15) is 0 Å². The van der Waals surface area contributed by atoms with Gasteiger partial charge in [0.05, 0.1) is 19.3 Å². The van der Waals surface area contributed by atoms with Crippen LogP contribution in [0.1, 0.15) is 49.2 Å². The molecule has 45 heavy (non-hydrogen) atoms. The van der Waals surface area contributed by atoms with Gasteiger partial charge >= 0.3 is 6.09 Å². The smallest absolute Gasteiger partial charge is 0.411 e. The largest absolute Gasteiger partial charge is 0.453 e. The number of hydrogen-bond acceptors (Lipinski definition) is 11. The maximum absolute atomic E-state index is 13.6. The Morgan fingerprint density at radius 2 is 1.73 bits per heavy atom. The zero-order valence-electron chi connectivity index (χ0n) is 24.6. The molecule has 1 saturated carbocycles. The van der Waals surface area contributed by atoms with Gasteiger partial charge in [-0.3, -0.25) is 24.3 Å². The van der Waals surface area contributed by atoms with Crippen molar-refractivity contribution in [3.05, 3.63) is 88.8 Å². The maximum Gasteiger partial charge on any atom is 0.411 e. The van der Waals surface area contributed by atoms with Crippen molar-refractivity contribution >= 4 is 34.6 Å². The minimum atomic E-state index is -1.05. The first-order valence-corrected chi connectivity index (χ1v) is 14.2. The van der Waals surface area contributed by atoms with E-state index in [1.165, 1.54) is 6.20 Å². The van der Waals surface area contributed by atoms with Crippen LogP contribution in [0.15, 0.2) is 74.4 Å². The predicted molar refractivity (Wildman–Crippen MR) is 159 cm³/mol. The standard InChI is InChI=1S/C31H29N7O7/c1-17(2)23(24(40)26-36-37-29(45-26)31(13-14-31)28-33-19-11-7-8-12-21(19)44-28)35-22(39)16-38-25(18-9-5-4-6-10-18)32-15-20(27(38)41)34-30(42)43-3/h4-12,15,17,23H,13-14,16H2,1-3H3,(H,34,42)(H,35,39)/t23-/m0/s1. The summed E-state index contributed by atoms with van der Waals surface area (Å²) in [6.45, 7) is 3.01. The summed E-state index contributed by atoms with van der Waals surface area (Å²) in [5, 5.41) is 13.2. The van der Waals surface area contributed by atoms with Crippen LogP contribution < -0.4 is 16.2 Å². The number of rotatable bonds is 10. The summed E-state index contributed by atoms with van der Waals surface area (Å²) in [5.41, 5.74) is 0.313. The first-order valence-electron chi connectivity index (χ1n) is 14.2. The van der Waals surface area contributed by atoms with Crippen LogP contribution in [-0.4, -0.2) is 55.7 Å². The van der Waals surface area contributed by atoms with Crippen LogP contribution in [-0.2, 0) is 21.5 Å². The van der Waals surface area contributed by atoms with Crippen LogP contribution >= 0.6 is 0 Å². The summed E-state index contributed by atoms with van der Waals surface area (Å²) in [6.07, 6.45) is 1.65. The van der Waals surface area contributed by atoms with Gasteiger partial charge in [-0.25, -0.2) is 14.8 Å². The molecule has 3 heterocycles. The molecule has 0 radical (unpaired) electrons. The number of oxazole rings is 1. The summed E-state index contributed by atoms with van der Waals surface area (Å²) in [6, 6.07) is 15.1. The minimum Gasteiger partial charge on any atom is -0.453 e. The Morgan fingerprint density at radius 1 is 1.00 bits per heavy atom. The van der Waals surface area contributed by atoms with E-state index in [4.69, 9.17) is 8.83 Å². The molecule has 14 nitrogen and oxygen atoms in total. The van der Waals surface area contributed by atoms with E-state index in [9.17, 15) is 19.2 Å². The highest BCUT2D eigenvalue weighted by atomic mass is 16.5. The second-order valence-electron chi connectivity index (χ2n) is 11.0. The molecular weight excluding hydrogens is 582 g/mol. The van der Waals surface area contributed by atoms with Crippen molar-refractivity contribution in [3.63, 3.8) is 0 Å². The van der Waals surface area contributed by atoms with Crippen molar-refractivity contribution in [1.82, 2.24) is 30.0 Å². The van der Waals surface area contributed by atoms with Crippen LogP contribution in [0, 0.1) is 5.92 Å². The monoisotopic (exact) mass is 611 g/mol. The average Bonchev–Trinajstić information content (AvgIpc) is 3.48. The Labute approximate surface area is 255 Å². The molecule has 0 spiro atoms. The number of ketones is 1. The van der Waals surface area contributed by atoms with E-state index >= 15 is 0 Å². The molecule has 0 aliphatic heterocycles. The van der Waals surface area contributed by atoms with Gasteiger partial charge in [0, 0.05) is 5.56 Å². The molecule has 0 bridgehead atoms. The molecule has 2 aromatic carbocycles. The van der Waals surface area contributed by atoms with Crippen molar-refractivity contribution in [2.45, 2.75) is 44.7 Å². The fraction of sp³-hybridized carbons (Fsp3) is 0.290. The topological polar surface area (TPSA) is 184 Å². The first-order chi connectivity index (χ1) is 21.7. The zero-order valence-corrected chi connectivity index (χ0v) is 24.6. The van der Waals surface area contributed by atoms with Crippen LogP contribution in [0.5, 0.6) is 0 Å². The van der Waals surface area contributed by atoms with Gasteiger partial charge in [0.15, 0.2) is 5.58 Å². The molecule has 230 valence electrons. The second kappa shape index (κ2) is 11.8. The van der Waals surface area contributed by atoms with Gasteiger partial charge in [0.1, 0.15) is 29.0 Å². The molecule has 0 unspecified atom stereocenters. The second-order valence-corrected chi connectivity index (χ2v) is 11.0. The third-order valence-electron chi connectivity index (χ3n) is 7.57. The lowest BCUT2D eigenvalue weighted by molar-refractivity contribution is -0.122. The van der Waals surface area contributed by atoms with Crippen LogP contribution in [0.4, 0.5) is 10.5 Å². The molecule has 2 amide bonds. The van der Waals surface area contributed by atoms with Crippen molar-refractivity contribution in [2.24, 2.45) is 5.92 Å². The van der Waals surface area contributed by atoms with Crippen molar-refractivity contribution in [3.8, 4) is 11.4 Å². The number of anilines is 1. The van der Waals surface area contributed by atoms with Gasteiger partial charge in [0.25, 0.3) is 11.4 Å². The van der Waals surface area contributed by atoms with Gasteiger partial charge in [0.2, 0.25) is 23.5 Å². The molecule has 1 aliphatic carbocycles. The highest BCUT2D eigenvalue weighted by molar-refractivity contribution is 5.98. The summed E-state index contributed by atoms with van der Waals surface area (Å²) < 4.78 is 17.5. The van der Waals surface area contributed by atoms with E-state index < -0.39 is 41.3 Å². The lowest BCUT2D eigenvalue weighted by Gasteiger charge is -2.20. The van der Waals surface area contributed by atoms with Gasteiger partial charge in [-0.1, -0.05) is 56.3 Å². The Kier molecular flexibility index (Phi) is 7.71. The normalized spacial score (nSPS) is 14.2. The molecule has 14 heteroatoms. The SMILES string of the molecule is COC(=O)Nc1cnc(-c2ccccc2)n(CC(=O)N[C@H](C(=O)c2nnc(C3(c4nc5ccccc5o4)CC3)o2)C(C)C)c1=O. The number of nitrogens with one attached hydrogen (secondary N) is 2. The van der Waals surface area contributed by atoms with Crippen molar-refractivity contribution < 1.29 is 28.0 Å². The molecule has 0 saturated heterocycles. The number of methoxy groups -OCH3 is 1. The number of amides is 2. The Balaban J connectivity index is 1.24. The number of hydrogen-bond donors (Lipinski definition) is 2. The number of benzene rings is 2. The maximum atomic E-state index is 13.6. The summed E-state index contributed by atoms with van der Waals surface area (Å²) >= 11 is 0. The van der Waals surface area contributed by atoms with Crippen molar-refractivity contribution in [1.29, 1.82) is 0 Å². The molecule has 5 aromatic rings. The molecule has 1 aliphatic rings. The highest BCUT2D eigenvalue weighted by Gasteiger charge is 2.55. The predicted octanol–water partition coefficient (Wildman–Crippen LogP) is 3.72. The number of carbonyl (C=O) groups excluding carboxylic acids is 3. The average molecular weight is 612 g/mol. The fourth-order valence-corrected chi connectivity index (χ4v) is 4.97. The highest BCUT2D eigenvalue weighted by Crippen LogP contribution is 2.53. The van der Waals surface area contributed by atoms with Gasteiger partial charge < -0.3 is 18.9 Å². The van der Waals surface area contributed by atoms with Crippen LogP contribution in [0.2, 0.25) is 0 Å². The number of ether oxygens (including phenoxy) is 1. The summed E-state index contributed by atoms with van der Waals surface area (Å²) in [5.74, 6) is -1.03. The number of carbonyl (C=O) groups is 3. The Hall–Kier alpha value is -5.66.